The van der Waals surface area contributed by atoms with E-state index in [2.05, 4.69) is 24.9 Å². The first-order chi connectivity index (χ1) is 7.99. The average molecular weight is 268 g/mol. The number of nitrogens with zero attached hydrogens (tertiary/aromatic N) is 1. The highest BCUT2D eigenvalue weighted by Crippen LogP contribution is 2.16. The van der Waals surface area contributed by atoms with Gasteiger partial charge in [-0.3, -0.25) is 4.79 Å². The van der Waals surface area contributed by atoms with Crippen LogP contribution in [0.15, 0.2) is 35.3 Å². The van der Waals surface area contributed by atoms with Crippen molar-refractivity contribution >= 4 is 30.3 Å². The third-order valence-corrected chi connectivity index (χ3v) is 2.24. The van der Waals surface area contributed by atoms with Gasteiger partial charge >= 0.3 is 0 Å². The number of carbonyl (C=O) groups excluding carboxylic acids is 1. The number of halogens is 1. The van der Waals surface area contributed by atoms with Crippen LogP contribution >= 0.6 is 12.4 Å². The predicted molar refractivity (Wildman–Crippen MR) is 77.6 cm³/mol. The zero-order valence-electron chi connectivity index (χ0n) is 10.5. The number of benzene rings is 1. The van der Waals surface area contributed by atoms with Gasteiger partial charge in [-0.05, 0) is 23.1 Å². The molecule has 4 nitrogen and oxygen atoms in total. The molecule has 0 saturated heterocycles. The van der Waals surface area contributed by atoms with Gasteiger partial charge in [-0.2, -0.15) is 4.99 Å². The Labute approximate surface area is 113 Å². The lowest BCUT2D eigenvalue weighted by Crippen LogP contribution is -2.23. The average Bonchev–Trinajstić information content (AvgIpc) is 2.26. The summed E-state index contributed by atoms with van der Waals surface area (Å²) in [4.78, 5) is 14.6. The first-order valence-corrected chi connectivity index (χ1v) is 5.40. The van der Waals surface area contributed by atoms with Gasteiger partial charge in [-0.15, -0.1) is 12.4 Å². The molecule has 4 N–H and O–H groups in total. The molecule has 1 amide bonds. The van der Waals surface area contributed by atoms with Gasteiger partial charge in [0.2, 0.25) is 0 Å². The van der Waals surface area contributed by atoms with Gasteiger partial charge in [0.1, 0.15) is 0 Å². The maximum absolute atomic E-state index is 11.2. The van der Waals surface area contributed by atoms with Crippen molar-refractivity contribution in [1.82, 2.24) is 0 Å². The first kappa shape index (κ1) is 16.2. The maximum atomic E-state index is 11.2. The molecule has 1 aromatic carbocycles. The lowest BCUT2D eigenvalue weighted by molar-refractivity contribution is -0.113. The molecule has 0 fully saturated rings. The highest BCUT2D eigenvalue weighted by Gasteiger charge is 1.99. The highest BCUT2D eigenvalue weighted by atomic mass is 35.5. The van der Waals surface area contributed by atoms with Crippen LogP contribution in [0.2, 0.25) is 0 Å². The van der Waals surface area contributed by atoms with Crippen molar-refractivity contribution in [3.63, 3.8) is 0 Å². The summed E-state index contributed by atoms with van der Waals surface area (Å²) in [5, 5.41) is 0. The normalized spacial score (nSPS) is 10.2. The van der Waals surface area contributed by atoms with Crippen LogP contribution in [0.25, 0.3) is 6.08 Å². The molecule has 0 saturated carbocycles. The van der Waals surface area contributed by atoms with E-state index in [9.17, 15) is 4.79 Å². The van der Waals surface area contributed by atoms with Crippen LogP contribution in [-0.2, 0) is 4.79 Å². The molecule has 0 aliphatic heterocycles. The van der Waals surface area contributed by atoms with Gasteiger partial charge in [0, 0.05) is 6.08 Å². The minimum absolute atomic E-state index is 0. The second kappa shape index (κ2) is 7.50. The maximum Gasteiger partial charge on any atom is 0.272 e. The van der Waals surface area contributed by atoms with E-state index >= 15 is 0 Å². The van der Waals surface area contributed by atoms with Crippen molar-refractivity contribution in [2.75, 3.05) is 0 Å². The first-order valence-electron chi connectivity index (χ1n) is 5.40. The summed E-state index contributed by atoms with van der Waals surface area (Å²) in [6.45, 7) is 4.24. The molecule has 0 atom stereocenters. The molecule has 1 aromatic rings. The number of aliphatic imine (C=N–C) groups is 1. The molecule has 1 rings (SSSR count). The van der Waals surface area contributed by atoms with Gasteiger partial charge in [-0.1, -0.05) is 38.1 Å². The Kier molecular flexibility index (Phi) is 6.75. The summed E-state index contributed by atoms with van der Waals surface area (Å²) >= 11 is 0. The fourth-order valence-corrected chi connectivity index (χ4v) is 1.35. The van der Waals surface area contributed by atoms with Crippen LogP contribution in [-0.4, -0.2) is 11.9 Å². The molecule has 0 bridgehead atoms. The Balaban J connectivity index is 0.00000289. The van der Waals surface area contributed by atoms with Crippen molar-refractivity contribution in [2.24, 2.45) is 16.5 Å². The molecule has 0 heterocycles. The second-order valence-corrected chi connectivity index (χ2v) is 4.03. The fraction of sp³-hybridized carbons (Fsp3) is 0.231. The molecule has 0 spiro atoms. The molecule has 0 unspecified atom stereocenters. The second-order valence-electron chi connectivity index (χ2n) is 4.03. The lowest BCUT2D eigenvalue weighted by atomic mass is 10.0. The van der Waals surface area contributed by atoms with Crippen LogP contribution in [0.1, 0.15) is 30.9 Å². The van der Waals surface area contributed by atoms with E-state index in [1.807, 2.05) is 18.2 Å². The third-order valence-electron chi connectivity index (χ3n) is 2.24. The Morgan fingerprint density at radius 3 is 2.56 bits per heavy atom. The highest BCUT2D eigenvalue weighted by molar-refractivity contribution is 5.99. The van der Waals surface area contributed by atoms with E-state index in [0.717, 1.165) is 5.56 Å². The van der Waals surface area contributed by atoms with Crippen molar-refractivity contribution in [1.29, 1.82) is 0 Å². The smallest absolute Gasteiger partial charge is 0.272 e. The minimum atomic E-state index is -0.458. The minimum Gasteiger partial charge on any atom is -0.370 e. The van der Waals surface area contributed by atoms with Crippen LogP contribution < -0.4 is 11.5 Å². The van der Waals surface area contributed by atoms with Crippen LogP contribution in [0.3, 0.4) is 0 Å². The van der Waals surface area contributed by atoms with Crippen molar-refractivity contribution < 1.29 is 4.79 Å². The van der Waals surface area contributed by atoms with Crippen molar-refractivity contribution in [2.45, 2.75) is 19.8 Å². The van der Waals surface area contributed by atoms with E-state index in [4.69, 9.17) is 11.5 Å². The molecule has 0 radical (unpaired) electrons. The Hall–Kier alpha value is -1.81. The number of nitrogens with two attached hydrogens (primary N) is 2. The molecule has 0 aliphatic rings. The molecular formula is C13H18ClN3O. The van der Waals surface area contributed by atoms with E-state index in [1.54, 1.807) is 6.08 Å². The molecule has 18 heavy (non-hydrogen) atoms. The Bertz CT molecular complexity index is 463. The zero-order chi connectivity index (χ0) is 12.8. The summed E-state index contributed by atoms with van der Waals surface area (Å²) in [5.74, 6) is -0.229. The molecular weight excluding hydrogens is 250 g/mol. The van der Waals surface area contributed by atoms with Crippen LogP contribution in [0, 0.1) is 0 Å². The van der Waals surface area contributed by atoms with E-state index < -0.39 is 5.91 Å². The number of guanidine groups is 1. The van der Waals surface area contributed by atoms with Gasteiger partial charge in [-0.25, -0.2) is 0 Å². The molecule has 0 aliphatic carbocycles. The summed E-state index contributed by atoms with van der Waals surface area (Å²) in [6.07, 6.45) is 3.04. The standard InChI is InChI=1S/C13H17N3O.ClH/c1-9(2)11-5-3-4-10(8-11)6-7-12(17)16-13(14)15;/h3-9H,1-2H3,(H4,14,15,16,17);1H/b7-6+;. The number of hydrogen-bond acceptors (Lipinski definition) is 1. The molecule has 0 aromatic heterocycles. The third kappa shape index (κ3) is 5.50. The number of rotatable bonds is 3. The van der Waals surface area contributed by atoms with Gasteiger partial charge < -0.3 is 11.5 Å². The number of hydrogen-bond donors (Lipinski definition) is 2. The van der Waals surface area contributed by atoms with E-state index in [1.165, 1.54) is 11.6 Å². The summed E-state index contributed by atoms with van der Waals surface area (Å²) < 4.78 is 0. The predicted octanol–water partition coefficient (Wildman–Crippen LogP) is 2.04. The fourth-order valence-electron chi connectivity index (χ4n) is 1.35. The largest absolute Gasteiger partial charge is 0.370 e. The van der Waals surface area contributed by atoms with Gasteiger partial charge in [0.05, 0.1) is 0 Å². The van der Waals surface area contributed by atoms with E-state index in [0.29, 0.717) is 5.92 Å². The summed E-state index contributed by atoms with van der Waals surface area (Å²) in [5.41, 5.74) is 12.4. The SMILES string of the molecule is CC(C)c1cccc(/C=C/C(=O)N=C(N)N)c1.Cl. The van der Waals surface area contributed by atoms with Crippen molar-refractivity contribution in [3.05, 3.63) is 41.5 Å². The molecule has 98 valence electrons. The van der Waals surface area contributed by atoms with Crippen LogP contribution in [0.4, 0.5) is 0 Å². The lowest BCUT2D eigenvalue weighted by Gasteiger charge is -2.05. The Morgan fingerprint density at radius 1 is 1.33 bits per heavy atom. The summed E-state index contributed by atoms with van der Waals surface area (Å²) in [7, 11) is 0. The van der Waals surface area contributed by atoms with E-state index in [-0.39, 0.29) is 18.4 Å². The quantitative estimate of drug-likeness (QED) is 0.500. The molecule has 5 heteroatoms. The van der Waals surface area contributed by atoms with Gasteiger partial charge in [0.15, 0.2) is 5.96 Å². The monoisotopic (exact) mass is 267 g/mol. The van der Waals surface area contributed by atoms with Crippen LogP contribution in [0.5, 0.6) is 0 Å². The number of amides is 1. The van der Waals surface area contributed by atoms with Gasteiger partial charge in [0.25, 0.3) is 5.91 Å². The Morgan fingerprint density at radius 2 is 2.00 bits per heavy atom. The number of carbonyl (C=O) groups is 1. The zero-order valence-corrected chi connectivity index (χ0v) is 11.3. The topological polar surface area (TPSA) is 81.5 Å². The van der Waals surface area contributed by atoms with Crippen molar-refractivity contribution in [3.8, 4) is 0 Å². The summed E-state index contributed by atoms with van der Waals surface area (Å²) in [6, 6.07) is 7.97.